The minimum Gasteiger partial charge on any atom is -0.464 e. The van der Waals surface area contributed by atoms with E-state index >= 15 is 0 Å². The Morgan fingerprint density at radius 1 is 1.43 bits per heavy atom. The fourth-order valence-electron chi connectivity index (χ4n) is 1.90. The van der Waals surface area contributed by atoms with Crippen LogP contribution in [-0.2, 0) is 6.54 Å². The van der Waals surface area contributed by atoms with Crippen molar-refractivity contribution < 1.29 is 14.1 Å². The Kier molecular flexibility index (Phi) is 3.26. The highest BCUT2D eigenvalue weighted by atomic mass is 79.9. The number of Topliss-reactive ketones (excluding diaryl/α,β-unsaturated/α-hetero) is 1. The molecule has 0 saturated carbocycles. The van der Waals surface area contributed by atoms with Crippen molar-refractivity contribution >= 4 is 38.6 Å². The topological polar surface area (TPSA) is 104 Å². The number of fused-ring (bicyclic) bond motifs is 1. The van der Waals surface area contributed by atoms with Crippen LogP contribution in [0.4, 0.5) is 5.95 Å². The van der Waals surface area contributed by atoms with Gasteiger partial charge in [-0.3, -0.25) is 4.79 Å². The molecule has 3 rings (SSSR count). The summed E-state index contributed by atoms with van der Waals surface area (Å²) < 4.78 is 6.54. The van der Waals surface area contributed by atoms with Crippen LogP contribution in [0.3, 0.4) is 0 Å². The molecule has 0 fully saturated rings. The zero-order valence-corrected chi connectivity index (χ0v) is 12.0. The number of halogens is 1. The average molecular weight is 351 g/mol. The number of hydrogen-bond acceptors (Lipinski definition) is 6. The number of ketones is 1. The molecule has 2 aromatic heterocycles. The highest BCUT2D eigenvalue weighted by Crippen LogP contribution is 2.22. The lowest BCUT2D eigenvalue weighted by Crippen LogP contribution is -2.12. The molecular formula is C12H7BrN4O4. The number of carbonyl (C=O) groups excluding carboxylic acids is 1. The molecule has 9 heteroatoms. The molecule has 0 aliphatic rings. The Morgan fingerprint density at radius 3 is 2.90 bits per heavy atom. The van der Waals surface area contributed by atoms with Crippen LogP contribution in [0.1, 0.15) is 10.4 Å². The third kappa shape index (κ3) is 2.42. The number of para-hydroxylation sites is 1. The van der Waals surface area contributed by atoms with Crippen molar-refractivity contribution in [1.29, 1.82) is 0 Å². The SMILES string of the molecule is O=C(Cn1nc([N+](=O)[O-])nc1Br)c1coc2ccccc12. The van der Waals surface area contributed by atoms with Gasteiger partial charge in [0.1, 0.15) is 18.4 Å². The summed E-state index contributed by atoms with van der Waals surface area (Å²) in [7, 11) is 0. The molecule has 0 spiro atoms. The molecule has 0 radical (unpaired) electrons. The molecule has 3 aromatic rings. The van der Waals surface area contributed by atoms with Crippen LogP contribution in [0.15, 0.2) is 39.7 Å². The number of benzene rings is 1. The molecular weight excluding hydrogens is 344 g/mol. The molecule has 0 aliphatic carbocycles. The van der Waals surface area contributed by atoms with E-state index in [1.165, 1.54) is 6.26 Å². The van der Waals surface area contributed by atoms with Crippen molar-refractivity contribution in [2.24, 2.45) is 0 Å². The predicted octanol–water partition coefficient (Wildman–Crippen LogP) is 2.58. The lowest BCUT2D eigenvalue weighted by molar-refractivity contribution is -0.394. The number of nitrogens with zero attached hydrogens (tertiary/aromatic N) is 4. The molecule has 0 atom stereocenters. The van der Waals surface area contributed by atoms with E-state index in [-0.39, 0.29) is 17.1 Å². The second-order valence-corrected chi connectivity index (χ2v) is 4.87. The summed E-state index contributed by atoms with van der Waals surface area (Å²) in [5.41, 5.74) is 1.00. The monoisotopic (exact) mass is 350 g/mol. The minimum atomic E-state index is -0.723. The summed E-state index contributed by atoms with van der Waals surface area (Å²) >= 11 is 3.04. The summed E-state index contributed by atoms with van der Waals surface area (Å²) in [6.07, 6.45) is 1.37. The van der Waals surface area contributed by atoms with Gasteiger partial charge in [-0.15, -0.1) is 0 Å². The van der Waals surface area contributed by atoms with Gasteiger partial charge in [0.15, 0.2) is 5.78 Å². The van der Waals surface area contributed by atoms with Crippen molar-refractivity contribution in [3.63, 3.8) is 0 Å². The first kappa shape index (κ1) is 13.4. The summed E-state index contributed by atoms with van der Waals surface area (Å²) in [4.78, 5) is 25.8. The van der Waals surface area contributed by atoms with Crippen molar-refractivity contribution in [1.82, 2.24) is 14.8 Å². The van der Waals surface area contributed by atoms with E-state index in [1.807, 2.05) is 0 Å². The van der Waals surface area contributed by atoms with Gasteiger partial charge in [-0.05, 0) is 16.0 Å². The van der Waals surface area contributed by atoms with Crippen LogP contribution in [0.2, 0.25) is 0 Å². The number of aromatic nitrogens is 3. The highest BCUT2D eigenvalue weighted by Gasteiger charge is 2.23. The number of hydrogen-bond donors (Lipinski definition) is 0. The third-order valence-corrected chi connectivity index (χ3v) is 3.44. The van der Waals surface area contributed by atoms with Crippen molar-refractivity contribution in [3.05, 3.63) is 50.9 Å². The Bertz CT molecular complexity index is 854. The molecule has 2 heterocycles. The second kappa shape index (κ2) is 5.09. The normalized spacial score (nSPS) is 10.9. The number of nitro groups is 1. The summed E-state index contributed by atoms with van der Waals surface area (Å²) in [5.74, 6) is -0.841. The number of rotatable bonds is 4. The summed E-state index contributed by atoms with van der Waals surface area (Å²) in [5, 5.41) is 14.9. The fourth-order valence-corrected chi connectivity index (χ4v) is 2.27. The molecule has 106 valence electrons. The summed E-state index contributed by atoms with van der Waals surface area (Å²) in [6.45, 7) is -0.176. The van der Waals surface area contributed by atoms with Crippen LogP contribution < -0.4 is 0 Å². The molecule has 0 amide bonds. The van der Waals surface area contributed by atoms with Gasteiger partial charge in [0.05, 0.1) is 5.56 Å². The van der Waals surface area contributed by atoms with E-state index < -0.39 is 10.9 Å². The fraction of sp³-hybridized carbons (Fsp3) is 0.0833. The van der Waals surface area contributed by atoms with Crippen molar-refractivity contribution in [3.8, 4) is 0 Å². The van der Waals surface area contributed by atoms with E-state index in [9.17, 15) is 14.9 Å². The van der Waals surface area contributed by atoms with Gasteiger partial charge in [-0.1, -0.05) is 18.2 Å². The van der Waals surface area contributed by atoms with Crippen LogP contribution in [0.5, 0.6) is 0 Å². The first-order chi connectivity index (χ1) is 10.1. The molecule has 0 unspecified atom stereocenters. The van der Waals surface area contributed by atoms with Crippen LogP contribution >= 0.6 is 15.9 Å². The number of carbonyl (C=O) groups is 1. The van der Waals surface area contributed by atoms with Crippen molar-refractivity contribution in [2.45, 2.75) is 6.54 Å². The number of furan rings is 1. The maximum absolute atomic E-state index is 12.3. The predicted molar refractivity (Wildman–Crippen MR) is 74.9 cm³/mol. The van der Waals surface area contributed by atoms with Crippen LogP contribution in [0, 0.1) is 10.1 Å². The quantitative estimate of drug-likeness (QED) is 0.406. The smallest absolute Gasteiger partial charge is 0.464 e. The lowest BCUT2D eigenvalue weighted by Gasteiger charge is -1.96. The zero-order valence-electron chi connectivity index (χ0n) is 10.4. The third-order valence-electron chi connectivity index (χ3n) is 2.85. The second-order valence-electron chi connectivity index (χ2n) is 4.16. The van der Waals surface area contributed by atoms with Crippen molar-refractivity contribution in [2.75, 3.05) is 0 Å². The molecule has 8 nitrogen and oxygen atoms in total. The Morgan fingerprint density at radius 2 is 2.19 bits per heavy atom. The van der Waals surface area contributed by atoms with Gasteiger partial charge in [0.2, 0.25) is 0 Å². The Balaban J connectivity index is 1.91. The van der Waals surface area contributed by atoms with Crippen LogP contribution in [0.25, 0.3) is 11.0 Å². The molecule has 21 heavy (non-hydrogen) atoms. The van der Waals surface area contributed by atoms with Gasteiger partial charge >= 0.3 is 5.95 Å². The lowest BCUT2D eigenvalue weighted by atomic mass is 10.1. The molecule has 0 N–H and O–H groups in total. The van der Waals surface area contributed by atoms with Crippen LogP contribution in [-0.4, -0.2) is 25.5 Å². The first-order valence-corrected chi connectivity index (χ1v) is 6.59. The highest BCUT2D eigenvalue weighted by molar-refractivity contribution is 9.10. The maximum Gasteiger partial charge on any atom is 0.492 e. The largest absolute Gasteiger partial charge is 0.492 e. The molecule has 0 bridgehead atoms. The van der Waals surface area contributed by atoms with E-state index in [0.29, 0.717) is 16.5 Å². The first-order valence-electron chi connectivity index (χ1n) is 5.80. The Hall–Kier alpha value is -2.55. The summed E-state index contributed by atoms with van der Waals surface area (Å²) in [6, 6.07) is 7.12. The standard InChI is InChI=1S/C12H7BrN4O4/c13-11-14-12(17(19)20)15-16(11)5-9(18)8-6-21-10-4-2-1-3-7(8)10/h1-4,6H,5H2. The molecule has 1 aromatic carbocycles. The minimum absolute atomic E-state index is 0.121. The Labute approximate surface area is 125 Å². The molecule has 0 saturated heterocycles. The van der Waals surface area contributed by atoms with E-state index in [1.54, 1.807) is 24.3 Å². The van der Waals surface area contributed by atoms with Gasteiger partial charge in [-0.2, -0.15) is 4.68 Å². The van der Waals surface area contributed by atoms with E-state index in [4.69, 9.17) is 4.42 Å². The van der Waals surface area contributed by atoms with Gasteiger partial charge < -0.3 is 14.5 Å². The van der Waals surface area contributed by atoms with Gasteiger partial charge in [0, 0.05) is 26.4 Å². The van der Waals surface area contributed by atoms with Gasteiger partial charge in [-0.25, -0.2) is 0 Å². The molecule has 0 aliphatic heterocycles. The maximum atomic E-state index is 12.3. The van der Waals surface area contributed by atoms with Gasteiger partial charge in [0.25, 0.3) is 4.73 Å². The van der Waals surface area contributed by atoms with E-state index in [0.717, 1.165) is 4.68 Å². The average Bonchev–Trinajstić information content (AvgIpc) is 3.03. The van der Waals surface area contributed by atoms with E-state index in [2.05, 4.69) is 26.0 Å². The zero-order chi connectivity index (χ0) is 15.0.